The predicted molar refractivity (Wildman–Crippen MR) is 79.7 cm³/mol. The number of benzene rings is 1. The van der Waals surface area contributed by atoms with Crippen molar-refractivity contribution in [3.8, 4) is 0 Å². The summed E-state index contributed by atoms with van der Waals surface area (Å²) in [5.41, 5.74) is 4.46. The minimum atomic E-state index is -0.291. The number of nitrogens with two attached hydrogens (primary N) is 1. The predicted octanol–water partition coefficient (Wildman–Crippen LogP) is 2.39. The van der Waals surface area contributed by atoms with Gasteiger partial charge in [-0.25, -0.2) is 5.43 Å². The van der Waals surface area contributed by atoms with Crippen LogP contribution in [0.2, 0.25) is 10.0 Å². The van der Waals surface area contributed by atoms with Crippen LogP contribution in [0, 0.1) is 0 Å². The second-order valence-corrected chi connectivity index (χ2v) is 5.09. The van der Waals surface area contributed by atoms with E-state index in [-0.39, 0.29) is 6.04 Å². The lowest BCUT2D eigenvalue weighted by molar-refractivity contribution is 0.182. The molecule has 5 nitrogen and oxygen atoms in total. The summed E-state index contributed by atoms with van der Waals surface area (Å²) in [6.07, 6.45) is 1.60. The van der Waals surface area contributed by atoms with Crippen molar-refractivity contribution in [1.29, 1.82) is 0 Å². The minimum Gasteiger partial charge on any atom is -0.383 e. The summed E-state index contributed by atoms with van der Waals surface area (Å²) in [5.74, 6) is 5.69. The van der Waals surface area contributed by atoms with E-state index in [9.17, 15) is 0 Å². The van der Waals surface area contributed by atoms with E-state index < -0.39 is 0 Å². The van der Waals surface area contributed by atoms with Gasteiger partial charge in [0, 0.05) is 12.1 Å². The molecule has 0 saturated carbocycles. The Morgan fingerprint density at radius 1 is 1.45 bits per heavy atom. The van der Waals surface area contributed by atoms with Gasteiger partial charge >= 0.3 is 0 Å². The van der Waals surface area contributed by atoms with Gasteiger partial charge in [-0.1, -0.05) is 35.3 Å². The van der Waals surface area contributed by atoms with E-state index in [1.54, 1.807) is 18.0 Å². The Hall–Kier alpha value is -1.11. The maximum absolute atomic E-state index is 6.23. The van der Waals surface area contributed by atoms with Crippen molar-refractivity contribution in [2.45, 2.75) is 12.6 Å². The molecule has 0 aliphatic heterocycles. The maximum atomic E-state index is 6.23. The van der Waals surface area contributed by atoms with Crippen LogP contribution in [0.4, 0.5) is 0 Å². The zero-order valence-corrected chi connectivity index (χ0v) is 12.5. The topological polar surface area (TPSA) is 65.1 Å². The fraction of sp³-hybridized carbons (Fsp3) is 0.308. The monoisotopic (exact) mass is 314 g/mol. The second kappa shape index (κ2) is 7.06. The molecule has 0 spiro atoms. The molecule has 20 heavy (non-hydrogen) atoms. The Labute approximate surface area is 127 Å². The molecule has 2 aromatic rings. The van der Waals surface area contributed by atoms with Gasteiger partial charge in [-0.3, -0.25) is 10.5 Å². The van der Waals surface area contributed by atoms with Crippen LogP contribution in [-0.4, -0.2) is 23.5 Å². The Morgan fingerprint density at radius 3 is 2.90 bits per heavy atom. The normalized spacial score (nSPS) is 12.6. The molecule has 0 saturated heterocycles. The molecule has 7 heteroatoms. The van der Waals surface area contributed by atoms with E-state index in [2.05, 4.69) is 10.5 Å². The SMILES string of the molecule is COCCn1ncc(Cl)c1C(NN)c1cccc(Cl)c1. The first-order chi connectivity index (χ1) is 9.67. The third kappa shape index (κ3) is 3.31. The van der Waals surface area contributed by atoms with Crippen molar-refractivity contribution in [3.05, 3.63) is 51.8 Å². The Bertz CT molecular complexity index is 573. The number of hydrogen-bond donors (Lipinski definition) is 2. The van der Waals surface area contributed by atoms with E-state index in [1.165, 1.54) is 0 Å². The highest BCUT2D eigenvalue weighted by molar-refractivity contribution is 6.31. The van der Waals surface area contributed by atoms with Crippen LogP contribution in [-0.2, 0) is 11.3 Å². The fourth-order valence-corrected chi connectivity index (χ4v) is 2.48. The number of hydrazine groups is 1. The third-order valence-electron chi connectivity index (χ3n) is 2.96. The van der Waals surface area contributed by atoms with Gasteiger partial charge < -0.3 is 4.74 Å². The molecule has 1 heterocycles. The van der Waals surface area contributed by atoms with Gasteiger partial charge in [-0.15, -0.1) is 0 Å². The zero-order valence-electron chi connectivity index (χ0n) is 11.0. The van der Waals surface area contributed by atoms with Crippen molar-refractivity contribution in [1.82, 2.24) is 15.2 Å². The standard InChI is InChI=1S/C13H16Cl2N4O/c1-20-6-5-19-13(11(15)8-17-19)12(18-16)9-3-2-4-10(14)7-9/h2-4,7-8,12,18H,5-6,16H2,1H3. The average Bonchev–Trinajstić information content (AvgIpc) is 2.79. The summed E-state index contributed by atoms with van der Waals surface area (Å²) in [5, 5.41) is 5.43. The van der Waals surface area contributed by atoms with Crippen molar-refractivity contribution >= 4 is 23.2 Å². The molecule has 0 fully saturated rings. The molecule has 0 aliphatic carbocycles. The van der Waals surface area contributed by atoms with Crippen molar-refractivity contribution < 1.29 is 4.74 Å². The number of nitrogens with zero attached hydrogens (tertiary/aromatic N) is 2. The van der Waals surface area contributed by atoms with E-state index in [0.717, 1.165) is 11.3 Å². The number of ether oxygens (including phenoxy) is 1. The molecule has 0 radical (unpaired) electrons. The van der Waals surface area contributed by atoms with Crippen LogP contribution in [0.15, 0.2) is 30.5 Å². The van der Waals surface area contributed by atoms with Crippen LogP contribution in [0.3, 0.4) is 0 Å². The molecule has 3 N–H and O–H groups in total. The quantitative estimate of drug-likeness (QED) is 0.634. The van der Waals surface area contributed by atoms with Crippen LogP contribution in [0.5, 0.6) is 0 Å². The first-order valence-electron chi connectivity index (χ1n) is 6.09. The summed E-state index contributed by atoms with van der Waals surface area (Å²) in [6.45, 7) is 1.13. The highest BCUT2D eigenvalue weighted by Crippen LogP contribution is 2.29. The highest BCUT2D eigenvalue weighted by atomic mass is 35.5. The Kier molecular flexibility index (Phi) is 5.39. The highest BCUT2D eigenvalue weighted by Gasteiger charge is 2.21. The number of aromatic nitrogens is 2. The summed E-state index contributed by atoms with van der Waals surface area (Å²) < 4.78 is 6.85. The molecule has 0 bridgehead atoms. The summed E-state index contributed by atoms with van der Waals surface area (Å²) in [4.78, 5) is 0. The Morgan fingerprint density at radius 2 is 2.25 bits per heavy atom. The molecule has 1 unspecified atom stereocenters. The number of rotatable bonds is 6. The molecule has 2 rings (SSSR count). The van der Waals surface area contributed by atoms with Gasteiger partial charge in [-0.2, -0.15) is 5.10 Å². The van der Waals surface area contributed by atoms with Gasteiger partial charge in [-0.05, 0) is 17.7 Å². The lowest BCUT2D eigenvalue weighted by atomic mass is 10.0. The van der Waals surface area contributed by atoms with E-state index in [4.69, 9.17) is 33.8 Å². The first kappa shape index (κ1) is 15.3. The third-order valence-corrected chi connectivity index (χ3v) is 3.49. The van der Waals surface area contributed by atoms with Gasteiger partial charge in [0.25, 0.3) is 0 Å². The summed E-state index contributed by atoms with van der Waals surface area (Å²) in [6, 6.07) is 7.16. The van der Waals surface area contributed by atoms with Gasteiger partial charge in [0.15, 0.2) is 0 Å². The van der Waals surface area contributed by atoms with Gasteiger partial charge in [0.1, 0.15) is 0 Å². The van der Waals surface area contributed by atoms with Crippen LogP contribution in [0.1, 0.15) is 17.3 Å². The van der Waals surface area contributed by atoms with Crippen LogP contribution >= 0.6 is 23.2 Å². The Balaban J connectivity index is 2.38. The number of hydrogen-bond acceptors (Lipinski definition) is 4. The van der Waals surface area contributed by atoms with Gasteiger partial charge in [0.2, 0.25) is 0 Å². The first-order valence-corrected chi connectivity index (χ1v) is 6.84. The van der Waals surface area contributed by atoms with Crippen molar-refractivity contribution in [3.63, 3.8) is 0 Å². The van der Waals surface area contributed by atoms with E-state index in [1.807, 2.05) is 24.3 Å². The zero-order chi connectivity index (χ0) is 14.5. The lowest BCUT2D eigenvalue weighted by Crippen LogP contribution is -2.31. The number of methoxy groups -OCH3 is 1. The average molecular weight is 315 g/mol. The van der Waals surface area contributed by atoms with Gasteiger partial charge in [0.05, 0.1) is 36.1 Å². The number of halogens is 2. The minimum absolute atomic E-state index is 0.291. The molecule has 1 aromatic heterocycles. The molecular weight excluding hydrogens is 299 g/mol. The smallest absolute Gasteiger partial charge is 0.0894 e. The van der Waals surface area contributed by atoms with E-state index >= 15 is 0 Å². The van der Waals surface area contributed by atoms with E-state index in [0.29, 0.717) is 23.2 Å². The summed E-state index contributed by atoms with van der Waals surface area (Å²) in [7, 11) is 1.64. The molecule has 1 aromatic carbocycles. The largest absolute Gasteiger partial charge is 0.383 e. The second-order valence-electron chi connectivity index (χ2n) is 4.25. The van der Waals surface area contributed by atoms with Crippen LogP contribution < -0.4 is 11.3 Å². The van der Waals surface area contributed by atoms with Crippen molar-refractivity contribution in [2.24, 2.45) is 5.84 Å². The molecule has 0 aliphatic rings. The van der Waals surface area contributed by atoms with Crippen LogP contribution in [0.25, 0.3) is 0 Å². The molecule has 108 valence electrons. The molecule has 0 amide bonds. The maximum Gasteiger partial charge on any atom is 0.0894 e. The number of nitrogens with one attached hydrogen (secondary N) is 1. The molecule has 1 atom stereocenters. The van der Waals surface area contributed by atoms with Crippen molar-refractivity contribution in [2.75, 3.05) is 13.7 Å². The molecular formula is C13H16Cl2N4O. The fourth-order valence-electron chi connectivity index (χ4n) is 2.03. The lowest BCUT2D eigenvalue weighted by Gasteiger charge is -2.19. The summed E-state index contributed by atoms with van der Waals surface area (Å²) >= 11 is 12.3.